The summed E-state index contributed by atoms with van der Waals surface area (Å²) >= 11 is 1.92. The van der Waals surface area contributed by atoms with E-state index in [1.807, 2.05) is 17.8 Å². The number of hydrogen-bond acceptors (Lipinski definition) is 5. The van der Waals surface area contributed by atoms with E-state index < -0.39 is 0 Å². The fourth-order valence-electron chi connectivity index (χ4n) is 8.64. The van der Waals surface area contributed by atoms with Crippen molar-refractivity contribution >= 4 is 22.6 Å². The number of aliphatic imine (C=N–C) groups is 1. The van der Waals surface area contributed by atoms with Gasteiger partial charge in [-0.1, -0.05) is 43.8 Å². The first-order valence-corrected chi connectivity index (χ1v) is 13.2. The molecule has 0 radical (unpaired) electrons. The third-order valence-corrected chi connectivity index (χ3v) is 11.6. The predicted octanol–water partition coefficient (Wildman–Crippen LogP) is 5.07. The number of nitrogens with zero attached hydrogens (tertiary/aromatic N) is 1. The third-order valence-electron chi connectivity index (χ3n) is 10.3. The van der Waals surface area contributed by atoms with Crippen LogP contribution in [0, 0.1) is 28.6 Å². The van der Waals surface area contributed by atoms with Crippen LogP contribution in [-0.4, -0.2) is 38.4 Å². The average molecular weight is 441 g/mol. The molecule has 1 aliphatic heterocycles. The zero-order chi connectivity index (χ0) is 21.4. The van der Waals surface area contributed by atoms with Gasteiger partial charge in [-0.25, -0.2) is 0 Å². The number of fused-ring (bicyclic) bond motifs is 4. The second-order valence-electron chi connectivity index (χ2n) is 11.5. The Morgan fingerprint density at radius 1 is 1.00 bits per heavy atom. The minimum Gasteiger partial charge on any atom is -0.393 e. The molecule has 4 saturated carbocycles. The fourth-order valence-corrected chi connectivity index (χ4v) is 10.2. The number of rotatable bonds is 1. The number of para-hydroxylation sites is 1. The Balaban J connectivity index is 1.38. The Morgan fingerprint density at radius 3 is 2.61 bits per heavy atom. The molecule has 0 amide bonds. The first-order valence-electron chi connectivity index (χ1n) is 12.3. The van der Waals surface area contributed by atoms with E-state index in [2.05, 4.69) is 43.4 Å². The molecule has 5 heteroatoms. The molecule has 1 aromatic rings. The lowest BCUT2D eigenvalue weighted by atomic mass is 9.42. The lowest BCUT2D eigenvalue weighted by Crippen LogP contribution is -2.66. The topological polar surface area (TPSA) is 64.9 Å². The molecule has 168 valence electrons. The molecule has 0 aromatic heterocycles. The van der Waals surface area contributed by atoms with Crippen LogP contribution in [0.5, 0.6) is 0 Å². The highest BCUT2D eigenvalue weighted by Crippen LogP contribution is 2.70. The zero-order valence-electron chi connectivity index (χ0n) is 18.8. The average Bonchev–Trinajstić information content (AvgIpc) is 3.24. The van der Waals surface area contributed by atoms with E-state index >= 15 is 0 Å². The molecule has 0 saturated heterocycles. The Kier molecular flexibility index (Phi) is 4.63. The van der Waals surface area contributed by atoms with Gasteiger partial charge in [0.25, 0.3) is 0 Å². The molecule has 3 N–H and O–H groups in total. The fraction of sp³-hybridized carbons (Fsp3) is 0.731. The van der Waals surface area contributed by atoms with Crippen molar-refractivity contribution in [3.05, 3.63) is 30.3 Å². The van der Waals surface area contributed by atoms with Gasteiger partial charge in [0.15, 0.2) is 5.17 Å². The Morgan fingerprint density at radius 2 is 1.81 bits per heavy atom. The van der Waals surface area contributed by atoms with Crippen molar-refractivity contribution in [2.24, 2.45) is 33.6 Å². The molecule has 31 heavy (non-hydrogen) atoms. The van der Waals surface area contributed by atoms with E-state index in [0.29, 0.717) is 23.0 Å². The maximum Gasteiger partial charge on any atom is 0.162 e. The highest BCUT2D eigenvalue weighted by atomic mass is 32.2. The van der Waals surface area contributed by atoms with Gasteiger partial charge in [-0.3, -0.25) is 4.99 Å². The quantitative estimate of drug-likeness (QED) is 0.571. The SMILES string of the molecule is C[C@]12CC[C@H]3[C@@H](C[C@@H]4SC(Nc5ccccc5)=N[C@@]45CC(O)CC[C@]35C)[C@@H]1CCC2O. The van der Waals surface area contributed by atoms with Crippen LogP contribution >= 0.6 is 11.8 Å². The van der Waals surface area contributed by atoms with Crippen LogP contribution in [0.3, 0.4) is 0 Å². The summed E-state index contributed by atoms with van der Waals surface area (Å²) in [6, 6.07) is 10.4. The van der Waals surface area contributed by atoms with Gasteiger partial charge in [0.05, 0.1) is 17.7 Å². The smallest absolute Gasteiger partial charge is 0.162 e. The summed E-state index contributed by atoms with van der Waals surface area (Å²) in [4.78, 5) is 5.45. The number of amidine groups is 1. The summed E-state index contributed by atoms with van der Waals surface area (Å²) in [6.07, 6.45) is 8.08. The van der Waals surface area contributed by atoms with Gasteiger partial charge in [-0.05, 0) is 85.7 Å². The summed E-state index contributed by atoms with van der Waals surface area (Å²) in [6.45, 7) is 4.87. The molecule has 2 unspecified atom stereocenters. The molecule has 1 heterocycles. The predicted molar refractivity (Wildman–Crippen MR) is 127 cm³/mol. The first kappa shape index (κ1) is 20.6. The summed E-state index contributed by atoms with van der Waals surface area (Å²) in [5.41, 5.74) is 1.15. The maximum absolute atomic E-state index is 10.8. The van der Waals surface area contributed by atoms with E-state index in [4.69, 9.17) is 4.99 Å². The minimum absolute atomic E-state index is 0.0982. The molecule has 5 aliphatic rings. The lowest BCUT2D eigenvalue weighted by molar-refractivity contribution is -0.139. The molecule has 4 aliphatic carbocycles. The standard InChI is InChI=1S/C26H36N2O2S/c1-24-12-11-20-18(19(24)8-9-21(24)30)14-22-26(15-17(29)10-13-25(20,26)2)28-23(31-22)27-16-6-4-3-5-7-16/h3-7,17-22,29-30H,8-15H2,1-2H3,(H,27,28)/t17?,18-,19-,20-,21?,22-,24-,25+,26-/m0/s1. The largest absolute Gasteiger partial charge is 0.393 e. The molecular formula is C26H36N2O2S. The summed E-state index contributed by atoms with van der Waals surface area (Å²) < 4.78 is 0. The molecular weight excluding hydrogens is 404 g/mol. The third kappa shape index (κ3) is 2.78. The highest BCUT2D eigenvalue weighted by molar-refractivity contribution is 8.15. The van der Waals surface area contributed by atoms with Crippen molar-refractivity contribution < 1.29 is 10.2 Å². The molecule has 0 bridgehead atoms. The van der Waals surface area contributed by atoms with Gasteiger partial charge >= 0.3 is 0 Å². The van der Waals surface area contributed by atoms with E-state index in [9.17, 15) is 10.2 Å². The summed E-state index contributed by atoms with van der Waals surface area (Å²) in [5.74, 6) is 1.96. The van der Waals surface area contributed by atoms with E-state index in [-0.39, 0.29) is 28.6 Å². The van der Waals surface area contributed by atoms with E-state index in [1.54, 1.807) is 0 Å². The second-order valence-corrected chi connectivity index (χ2v) is 12.7. The second kappa shape index (κ2) is 6.98. The van der Waals surface area contributed by atoms with Crippen molar-refractivity contribution in [1.82, 2.24) is 0 Å². The summed E-state index contributed by atoms with van der Waals surface area (Å²) in [5, 5.41) is 26.6. The van der Waals surface area contributed by atoms with Crippen molar-refractivity contribution in [1.29, 1.82) is 0 Å². The Labute approximate surface area is 190 Å². The van der Waals surface area contributed by atoms with Gasteiger partial charge in [0.2, 0.25) is 0 Å². The monoisotopic (exact) mass is 440 g/mol. The molecule has 9 atom stereocenters. The van der Waals surface area contributed by atoms with E-state index in [1.165, 1.54) is 19.3 Å². The van der Waals surface area contributed by atoms with Crippen LogP contribution < -0.4 is 5.32 Å². The Hall–Kier alpha value is -1.04. The van der Waals surface area contributed by atoms with Crippen LogP contribution in [-0.2, 0) is 0 Å². The normalized spacial score (nSPS) is 50.6. The maximum atomic E-state index is 10.8. The number of aliphatic hydroxyl groups excluding tert-OH is 2. The number of thioether (sulfide) groups is 1. The van der Waals surface area contributed by atoms with Crippen LogP contribution in [0.1, 0.15) is 65.2 Å². The Bertz CT molecular complexity index is 893. The highest BCUT2D eigenvalue weighted by Gasteiger charge is 2.69. The molecule has 1 spiro atoms. The van der Waals surface area contributed by atoms with E-state index in [0.717, 1.165) is 43.0 Å². The zero-order valence-corrected chi connectivity index (χ0v) is 19.6. The molecule has 6 rings (SSSR count). The van der Waals surface area contributed by atoms with Crippen LogP contribution in [0.4, 0.5) is 5.69 Å². The molecule has 1 aromatic carbocycles. The number of nitrogens with one attached hydrogen (secondary N) is 1. The number of anilines is 1. The van der Waals surface area contributed by atoms with Gasteiger partial charge in [0, 0.05) is 17.4 Å². The van der Waals surface area contributed by atoms with Crippen LogP contribution in [0.15, 0.2) is 35.3 Å². The molecule has 4 nitrogen and oxygen atoms in total. The van der Waals surface area contributed by atoms with Gasteiger partial charge in [0.1, 0.15) is 0 Å². The minimum atomic E-state index is -0.241. The van der Waals surface area contributed by atoms with Gasteiger partial charge in [-0.15, -0.1) is 0 Å². The van der Waals surface area contributed by atoms with Crippen molar-refractivity contribution in [2.45, 2.75) is 88.2 Å². The number of hydrogen-bond donors (Lipinski definition) is 3. The number of benzene rings is 1. The van der Waals surface area contributed by atoms with Crippen LogP contribution in [0.25, 0.3) is 0 Å². The molecule has 4 fully saturated rings. The van der Waals surface area contributed by atoms with Crippen molar-refractivity contribution in [3.8, 4) is 0 Å². The first-order chi connectivity index (χ1) is 14.9. The van der Waals surface area contributed by atoms with Crippen molar-refractivity contribution in [2.75, 3.05) is 5.32 Å². The number of aliphatic hydroxyl groups is 2. The van der Waals surface area contributed by atoms with Gasteiger partial charge in [-0.2, -0.15) is 0 Å². The van der Waals surface area contributed by atoms with Crippen molar-refractivity contribution in [3.63, 3.8) is 0 Å². The van der Waals surface area contributed by atoms with Crippen LogP contribution in [0.2, 0.25) is 0 Å². The summed E-state index contributed by atoms with van der Waals surface area (Å²) in [7, 11) is 0. The van der Waals surface area contributed by atoms with Gasteiger partial charge < -0.3 is 15.5 Å². The lowest BCUT2D eigenvalue weighted by Gasteiger charge is -2.65.